The highest BCUT2D eigenvalue weighted by Crippen LogP contribution is 2.38. The van der Waals surface area contributed by atoms with E-state index in [1.165, 1.54) is 18.4 Å². The van der Waals surface area contributed by atoms with Crippen LogP contribution in [0.15, 0.2) is 30.3 Å². The molecule has 0 unspecified atom stereocenters. The molecule has 2 aliphatic carbocycles. The average molecular weight is 337 g/mol. The Bertz CT molecular complexity index is 491. The predicted octanol–water partition coefficient (Wildman–Crippen LogP) is 3.77. The van der Waals surface area contributed by atoms with Crippen molar-refractivity contribution in [2.75, 3.05) is 6.54 Å². The molecule has 3 rings (SSSR count). The molecule has 0 aliphatic heterocycles. The van der Waals surface area contributed by atoms with Gasteiger partial charge in [0.25, 0.3) is 0 Å². The highest BCUT2D eigenvalue weighted by Gasteiger charge is 2.40. The van der Waals surface area contributed by atoms with Crippen LogP contribution >= 0.6 is 12.4 Å². The summed E-state index contributed by atoms with van der Waals surface area (Å²) in [5.74, 6) is 0.875. The Hall–Kier alpha value is -1.06. The second-order valence-electron chi connectivity index (χ2n) is 7.12. The number of carbonyl (C=O) groups excluding carboxylic acids is 1. The zero-order valence-corrected chi connectivity index (χ0v) is 14.6. The van der Waals surface area contributed by atoms with Gasteiger partial charge in [0.15, 0.2) is 0 Å². The maximum Gasteiger partial charge on any atom is 0.227 e. The van der Waals surface area contributed by atoms with Gasteiger partial charge in [-0.2, -0.15) is 0 Å². The van der Waals surface area contributed by atoms with Crippen molar-refractivity contribution in [3.8, 4) is 0 Å². The van der Waals surface area contributed by atoms with Crippen molar-refractivity contribution < 1.29 is 4.79 Å². The average Bonchev–Trinajstić information content (AvgIpc) is 3.07. The zero-order chi connectivity index (χ0) is 15.4. The van der Waals surface area contributed by atoms with Gasteiger partial charge in [0.2, 0.25) is 5.91 Å². The third-order valence-electron chi connectivity index (χ3n) is 5.77. The lowest BCUT2D eigenvalue weighted by Crippen LogP contribution is -2.48. The first kappa shape index (κ1) is 18.3. The minimum absolute atomic E-state index is 0. The Morgan fingerprint density at radius 3 is 2.26 bits per heavy atom. The smallest absolute Gasteiger partial charge is 0.227 e. The molecule has 1 aromatic carbocycles. The first-order valence-electron chi connectivity index (χ1n) is 8.79. The number of nitrogens with one attached hydrogen (secondary N) is 1. The van der Waals surface area contributed by atoms with Crippen LogP contribution in [0.4, 0.5) is 0 Å². The second-order valence-corrected chi connectivity index (χ2v) is 7.12. The van der Waals surface area contributed by atoms with E-state index < -0.39 is 0 Å². The van der Waals surface area contributed by atoms with Crippen LogP contribution in [-0.4, -0.2) is 18.5 Å². The molecule has 0 saturated heterocycles. The van der Waals surface area contributed by atoms with E-state index in [1.807, 2.05) is 0 Å². The van der Waals surface area contributed by atoms with Crippen LogP contribution in [0, 0.1) is 5.41 Å². The fourth-order valence-corrected chi connectivity index (χ4v) is 4.21. The number of rotatable bonds is 4. The van der Waals surface area contributed by atoms with Crippen molar-refractivity contribution >= 4 is 18.3 Å². The molecule has 2 fully saturated rings. The summed E-state index contributed by atoms with van der Waals surface area (Å²) in [6, 6.07) is 11.1. The largest absolute Gasteiger partial charge is 0.353 e. The minimum Gasteiger partial charge on any atom is -0.353 e. The minimum atomic E-state index is -0.268. The molecular weight excluding hydrogens is 308 g/mol. The zero-order valence-electron chi connectivity index (χ0n) is 13.8. The van der Waals surface area contributed by atoms with Crippen molar-refractivity contribution in [3.63, 3.8) is 0 Å². The Kier molecular flexibility index (Phi) is 6.49. The van der Waals surface area contributed by atoms with Gasteiger partial charge in [-0.3, -0.25) is 4.79 Å². The molecule has 3 nitrogen and oxygen atoms in total. The van der Waals surface area contributed by atoms with E-state index in [-0.39, 0.29) is 23.7 Å². The molecule has 2 aliphatic rings. The van der Waals surface area contributed by atoms with Gasteiger partial charge in [0.05, 0.1) is 5.41 Å². The number of benzene rings is 1. The number of nitrogens with two attached hydrogens (primary N) is 1. The summed E-state index contributed by atoms with van der Waals surface area (Å²) in [4.78, 5) is 12.6. The SMILES string of the molecule is Cl.NCC1(C(=O)NC2CCC(c3ccccc3)CC2)CCCC1. The van der Waals surface area contributed by atoms with Crippen molar-refractivity contribution in [3.05, 3.63) is 35.9 Å². The number of halogens is 1. The molecule has 2 saturated carbocycles. The van der Waals surface area contributed by atoms with Gasteiger partial charge in [-0.1, -0.05) is 43.2 Å². The molecule has 0 heterocycles. The van der Waals surface area contributed by atoms with Gasteiger partial charge in [0.1, 0.15) is 0 Å². The van der Waals surface area contributed by atoms with Crippen molar-refractivity contribution in [1.82, 2.24) is 5.32 Å². The molecule has 0 spiro atoms. The van der Waals surface area contributed by atoms with Gasteiger partial charge in [0, 0.05) is 12.6 Å². The number of hydrogen-bond acceptors (Lipinski definition) is 2. The van der Waals surface area contributed by atoms with Gasteiger partial charge in [-0.15, -0.1) is 12.4 Å². The van der Waals surface area contributed by atoms with E-state index in [9.17, 15) is 4.79 Å². The summed E-state index contributed by atoms with van der Waals surface area (Å²) < 4.78 is 0. The van der Waals surface area contributed by atoms with E-state index in [2.05, 4.69) is 35.6 Å². The first-order valence-corrected chi connectivity index (χ1v) is 8.79. The van der Waals surface area contributed by atoms with Gasteiger partial charge < -0.3 is 11.1 Å². The van der Waals surface area contributed by atoms with Crippen LogP contribution in [-0.2, 0) is 4.79 Å². The quantitative estimate of drug-likeness (QED) is 0.879. The van der Waals surface area contributed by atoms with Crippen LogP contribution in [0.2, 0.25) is 0 Å². The summed E-state index contributed by atoms with van der Waals surface area (Å²) in [7, 11) is 0. The Morgan fingerprint density at radius 2 is 1.70 bits per heavy atom. The van der Waals surface area contributed by atoms with E-state index in [0.29, 0.717) is 18.5 Å². The maximum atomic E-state index is 12.6. The standard InChI is InChI=1S/C19H28N2O.ClH/c20-14-19(12-4-5-13-19)18(22)21-17-10-8-16(9-11-17)15-6-2-1-3-7-15;/h1-3,6-7,16-17H,4-5,8-14,20H2,(H,21,22);1H. The molecule has 0 aromatic heterocycles. The molecule has 23 heavy (non-hydrogen) atoms. The van der Waals surface area contributed by atoms with Gasteiger partial charge in [-0.05, 0) is 50.0 Å². The molecular formula is C19H29ClN2O. The third kappa shape index (κ3) is 4.07. The maximum absolute atomic E-state index is 12.6. The van der Waals surface area contributed by atoms with Crippen LogP contribution in [0.1, 0.15) is 62.8 Å². The molecule has 1 aromatic rings. The molecule has 0 radical (unpaired) electrons. The Labute approximate surface area is 145 Å². The number of amides is 1. The molecule has 1 amide bonds. The summed E-state index contributed by atoms with van der Waals surface area (Å²) >= 11 is 0. The van der Waals surface area contributed by atoms with Gasteiger partial charge in [-0.25, -0.2) is 0 Å². The monoisotopic (exact) mass is 336 g/mol. The van der Waals surface area contributed by atoms with Crippen LogP contribution in [0.25, 0.3) is 0 Å². The highest BCUT2D eigenvalue weighted by molar-refractivity contribution is 5.85. The number of hydrogen-bond donors (Lipinski definition) is 2. The molecule has 3 N–H and O–H groups in total. The van der Waals surface area contributed by atoms with E-state index in [0.717, 1.165) is 38.5 Å². The second kappa shape index (κ2) is 8.16. The van der Waals surface area contributed by atoms with Crippen LogP contribution in [0.3, 0.4) is 0 Å². The summed E-state index contributed by atoms with van der Waals surface area (Å²) in [5, 5.41) is 3.31. The van der Waals surface area contributed by atoms with Crippen molar-refractivity contribution in [2.45, 2.75) is 63.3 Å². The Morgan fingerprint density at radius 1 is 1.09 bits per heavy atom. The topological polar surface area (TPSA) is 55.1 Å². The predicted molar refractivity (Wildman–Crippen MR) is 96.8 cm³/mol. The molecule has 0 atom stereocenters. The van der Waals surface area contributed by atoms with E-state index in [4.69, 9.17) is 5.73 Å². The van der Waals surface area contributed by atoms with E-state index >= 15 is 0 Å². The van der Waals surface area contributed by atoms with Crippen LogP contribution in [0.5, 0.6) is 0 Å². The first-order chi connectivity index (χ1) is 10.7. The lowest BCUT2D eigenvalue weighted by Gasteiger charge is -2.33. The molecule has 4 heteroatoms. The Balaban J connectivity index is 0.00000192. The summed E-state index contributed by atoms with van der Waals surface area (Å²) in [5.41, 5.74) is 7.09. The molecule has 128 valence electrons. The fraction of sp³-hybridized carbons (Fsp3) is 0.632. The van der Waals surface area contributed by atoms with Crippen LogP contribution < -0.4 is 11.1 Å². The van der Waals surface area contributed by atoms with Crippen molar-refractivity contribution in [2.24, 2.45) is 11.1 Å². The summed E-state index contributed by atoms with van der Waals surface area (Å²) in [6.07, 6.45) is 8.74. The third-order valence-corrected chi connectivity index (χ3v) is 5.77. The number of carbonyl (C=O) groups is 1. The fourth-order valence-electron chi connectivity index (χ4n) is 4.21. The van der Waals surface area contributed by atoms with Gasteiger partial charge >= 0.3 is 0 Å². The molecule has 0 bridgehead atoms. The lowest BCUT2D eigenvalue weighted by molar-refractivity contribution is -0.131. The highest BCUT2D eigenvalue weighted by atomic mass is 35.5. The van der Waals surface area contributed by atoms with Crippen molar-refractivity contribution in [1.29, 1.82) is 0 Å². The lowest BCUT2D eigenvalue weighted by atomic mass is 9.80. The van der Waals surface area contributed by atoms with E-state index in [1.54, 1.807) is 0 Å². The summed E-state index contributed by atoms with van der Waals surface area (Å²) in [6.45, 7) is 0.498. The normalized spacial score (nSPS) is 26.3.